The van der Waals surface area contributed by atoms with Crippen LogP contribution in [-0.2, 0) is 10.0 Å². The third-order valence-corrected chi connectivity index (χ3v) is 6.98. The van der Waals surface area contributed by atoms with E-state index in [0.29, 0.717) is 28.1 Å². The van der Waals surface area contributed by atoms with Gasteiger partial charge in [0, 0.05) is 26.9 Å². The maximum absolute atomic E-state index is 13.0. The molecule has 7 heteroatoms. The first-order valence-electron chi connectivity index (χ1n) is 8.86. The van der Waals surface area contributed by atoms with E-state index < -0.39 is 10.0 Å². The van der Waals surface area contributed by atoms with Gasteiger partial charge in [-0.25, -0.2) is 8.42 Å². The molecule has 146 valence electrons. The number of hydrogen-bond acceptors (Lipinski definition) is 3. The van der Waals surface area contributed by atoms with E-state index in [1.807, 2.05) is 18.2 Å². The molecule has 0 fully saturated rings. The van der Waals surface area contributed by atoms with E-state index in [9.17, 15) is 13.2 Å². The van der Waals surface area contributed by atoms with Crippen molar-refractivity contribution in [2.45, 2.75) is 4.90 Å². The summed E-state index contributed by atoms with van der Waals surface area (Å²) < 4.78 is 28.3. The van der Waals surface area contributed by atoms with Crippen LogP contribution in [0.2, 0.25) is 0 Å². The number of hydrogen-bond donors (Lipinski definition) is 1. The molecule has 1 heterocycles. The van der Waals surface area contributed by atoms with Crippen LogP contribution in [0, 0.1) is 0 Å². The molecule has 5 nitrogen and oxygen atoms in total. The van der Waals surface area contributed by atoms with Crippen molar-refractivity contribution in [3.63, 3.8) is 0 Å². The summed E-state index contributed by atoms with van der Waals surface area (Å²) in [7, 11) is -3.69. The van der Waals surface area contributed by atoms with Crippen LogP contribution in [0.4, 0.5) is 11.4 Å². The second-order valence-corrected chi connectivity index (χ2v) is 9.26. The lowest BCUT2D eigenvalue weighted by Gasteiger charge is -2.31. The van der Waals surface area contributed by atoms with Gasteiger partial charge in [-0.2, -0.15) is 0 Å². The van der Waals surface area contributed by atoms with Crippen molar-refractivity contribution in [1.29, 1.82) is 0 Å². The van der Waals surface area contributed by atoms with Crippen LogP contribution in [-0.4, -0.2) is 20.9 Å². The lowest BCUT2D eigenvalue weighted by atomic mass is 10.00. The Kier molecular flexibility index (Phi) is 5.02. The molecule has 1 amide bonds. The average Bonchev–Trinajstić information content (AvgIpc) is 2.71. The minimum Gasteiger partial charge on any atom is -0.322 e. The fraction of sp³-hybridized carbons (Fsp3) is 0.0455. The molecule has 0 saturated heterocycles. The van der Waals surface area contributed by atoms with E-state index in [0.717, 1.165) is 4.47 Å². The number of carbonyl (C=O) groups is 1. The Morgan fingerprint density at radius 3 is 2.59 bits per heavy atom. The van der Waals surface area contributed by atoms with Gasteiger partial charge >= 0.3 is 0 Å². The molecule has 1 aliphatic rings. The highest BCUT2D eigenvalue weighted by Crippen LogP contribution is 2.43. The van der Waals surface area contributed by atoms with Gasteiger partial charge in [-0.15, -0.1) is 6.58 Å². The van der Waals surface area contributed by atoms with E-state index in [1.165, 1.54) is 4.31 Å². The summed E-state index contributed by atoms with van der Waals surface area (Å²) in [6, 6.07) is 19.2. The summed E-state index contributed by atoms with van der Waals surface area (Å²) in [6.45, 7) is 3.82. The second-order valence-electron chi connectivity index (χ2n) is 6.52. The third kappa shape index (κ3) is 3.47. The highest BCUT2D eigenvalue weighted by atomic mass is 79.9. The van der Waals surface area contributed by atoms with Gasteiger partial charge in [0.1, 0.15) is 0 Å². The first-order valence-corrected chi connectivity index (χ1v) is 11.1. The molecule has 0 aromatic heterocycles. The van der Waals surface area contributed by atoms with Gasteiger partial charge in [-0.05, 0) is 42.5 Å². The standard InChI is InChI=1S/C22H17BrN2O3S/c1-2-12-25-20-11-10-15(22(26)24-17-7-5-6-16(23)14-17)13-19(20)18-8-3-4-9-21(18)29(25,27)28/h2-11,13-14H,1,12H2,(H,24,26). The quantitative estimate of drug-likeness (QED) is 0.543. The molecule has 0 atom stereocenters. The van der Waals surface area contributed by atoms with Crippen molar-refractivity contribution in [3.05, 3.63) is 89.4 Å². The number of anilines is 2. The van der Waals surface area contributed by atoms with Gasteiger partial charge in [-0.3, -0.25) is 9.10 Å². The molecular formula is C22H17BrN2O3S. The second kappa shape index (κ2) is 7.50. The van der Waals surface area contributed by atoms with Crippen LogP contribution in [0.1, 0.15) is 10.4 Å². The first kappa shape index (κ1) is 19.4. The predicted molar refractivity (Wildman–Crippen MR) is 119 cm³/mol. The number of amides is 1. The minimum atomic E-state index is -3.69. The number of benzene rings is 3. The maximum Gasteiger partial charge on any atom is 0.265 e. The van der Waals surface area contributed by atoms with Crippen LogP contribution >= 0.6 is 15.9 Å². The van der Waals surface area contributed by atoms with E-state index in [2.05, 4.69) is 27.8 Å². The summed E-state index contributed by atoms with van der Waals surface area (Å²) in [6.07, 6.45) is 1.54. The molecule has 4 rings (SSSR count). The Labute approximate surface area is 177 Å². The Hall–Kier alpha value is -2.90. The number of rotatable bonds is 4. The van der Waals surface area contributed by atoms with Gasteiger partial charge in [-0.1, -0.05) is 46.3 Å². The Morgan fingerprint density at radius 1 is 1.03 bits per heavy atom. The molecule has 3 aromatic rings. The van der Waals surface area contributed by atoms with Crippen molar-refractivity contribution < 1.29 is 13.2 Å². The van der Waals surface area contributed by atoms with Crippen molar-refractivity contribution in [2.75, 3.05) is 16.2 Å². The van der Waals surface area contributed by atoms with Crippen LogP contribution in [0.3, 0.4) is 0 Å². The van der Waals surface area contributed by atoms with Crippen LogP contribution in [0.15, 0.2) is 88.8 Å². The number of fused-ring (bicyclic) bond motifs is 3. The zero-order valence-corrected chi connectivity index (χ0v) is 17.7. The number of nitrogens with one attached hydrogen (secondary N) is 1. The molecule has 0 spiro atoms. The number of halogens is 1. The van der Waals surface area contributed by atoms with Gasteiger partial charge in [0.25, 0.3) is 15.9 Å². The maximum atomic E-state index is 13.0. The molecule has 0 saturated carbocycles. The zero-order chi connectivity index (χ0) is 20.6. The van der Waals surface area contributed by atoms with E-state index >= 15 is 0 Å². The molecule has 1 aliphatic heterocycles. The van der Waals surface area contributed by atoms with E-state index in [-0.39, 0.29) is 17.3 Å². The number of carbonyl (C=O) groups excluding carboxylic acids is 1. The summed E-state index contributed by atoms with van der Waals surface area (Å²) >= 11 is 3.39. The fourth-order valence-corrected chi connectivity index (χ4v) is 5.42. The average molecular weight is 469 g/mol. The van der Waals surface area contributed by atoms with Crippen molar-refractivity contribution in [3.8, 4) is 11.1 Å². The molecule has 29 heavy (non-hydrogen) atoms. The molecule has 3 aromatic carbocycles. The largest absolute Gasteiger partial charge is 0.322 e. The van der Waals surface area contributed by atoms with E-state index in [4.69, 9.17) is 0 Å². The first-order chi connectivity index (χ1) is 13.9. The molecule has 0 aliphatic carbocycles. The Balaban J connectivity index is 1.80. The highest BCUT2D eigenvalue weighted by Gasteiger charge is 2.34. The number of sulfonamides is 1. The van der Waals surface area contributed by atoms with Gasteiger partial charge in [0.05, 0.1) is 17.1 Å². The molecule has 0 unspecified atom stereocenters. The molecule has 1 N–H and O–H groups in total. The molecule has 0 radical (unpaired) electrons. The van der Waals surface area contributed by atoms with Gasteiger partial charge < -0.3 is 5.32 Å². The smallest absolute Gasteiger partial charge is 0.265 e. The normalized spacial score (nSPS) is 13.9. The number of nitrogens with zero attached hydrogens (tertiary/aromatic N) is 1. The summed E-state index contributed by atoms with van der Waals surface area (Å²) in [4.78, 5) is 13.0. The predicted octanol–water partition coefficient (Wildman–Crippen LogP) is 5.06. The van der Waals surface area contributed by atoms with Crippen molar-refractivity contribution in [2.24, 2.45) is 0 Å². The van der Waals surface area contributed by atoms with Gasteiger partial charge in [0.15, 0.2) is 0 Å². The van der Waals surface area contributed by atoms with Crippen LogP contribution in [0.25, 0.3) is 11.1 Å². The van der Waals surface area contributed by atoms with Crippen LogP contribution < -0.4 is 9.62 Å². The monoisotopic (exact) mass is 468 g/mol. The minimum absolute atomic E-state index is 0.146. The van der Waals surface area contributed by atoms with Crippen molar-refractivity contribution in [1.82, 2.24) is 0 Å². The van der Waals surface area contributed by atoms with Gasteiger partial charge in [0.2, 0.25) is 0 Å². The highest BCUT2D eigenvalue weighted by molar-refractivity contribution is 9.10. The lowest BCUT2D eigenvalue weighted by Crippen LogP contribution is -2.34. The zero-order valence-electron chi connectivity index (χ0n) is 15.3. The molecule has 0 bridgehead atoms. The Bertz CT molecular complexity index is 1240. The topological polar surface area (TPSA) is 66.5 Å². The van der Waals surface area contributed by atoms with E-state index in [1.54, 1.807) is 54.6 Å². The Morgan fingerprint density at radius 2 is 1.83 bits per heavy atom. The summed E-state index contributed by atoms with van der Waals surface area (Å²) in [5.74, 6) is -0.271. The molecular weight excluding hydrogens is 452 g/mol. The third-order valence-electron chi connectivity index (χ3n) is 4.65. The summed E-state index contributed by atoms with van der Waals surface area (Å²) in [5.41, 5.74) is 2.91. The summed E-state index contributed by atoms with van der Waals surface area (Å²) in [5, 5.41) is 2.87. The van der Waals surface area contributed by atoms with Crippen molar-refractivity contribution >= 4 is 43.2 Å². The van der Waals surface area contributed by atoms with Crippen LogP contribution in [0.5, 0.6) is 0 Å². The fourth-order valence-electron chi connectivity index (χ4n) is 3.36. The SMILES string of the molecule is C=CCN1c2ccc(C(=O)Nc3cccc(Br)c3)cc2-c2ccccc2S1(=O)=O. The lowest BCUT2D eigenvalue weighted by molar-refractivity contribution is 0.102.